The maximum absolute atomic E-state index is 11.7. The Bertz CT molecular complexity index is 362. The molecule has 0 spiro atoms. The molecule has 2 nitrogen and oxygen atoms in total. The number of ketones is 1. The molecule has 0 aliphatic rings. The number of halogens is 4. The van der Waals surface area contributed by atoms with Crippen molar-refractivity contribution in [3.8, 4) is 0 Å². The molecule has 0 aliphatic carbocycles. The maximum Gasteiger partial charge on any atom is 0.411 e. The van der Waals surface area contributed by atoms with Crippen molar-refractivity contribution in [2.75, 3.05) is 13.2 Å². The Morgan fingerprint density at radius 3 is 2.62 bits per heavy atom. The van der Waals surface area contributed by atoms with E-state index in [-0.39, 0.29) is 18.8 Å². The van der Waals surface area contributed by atoms with Crippen molar-refractivity contribution in [2.45, 2.75) is 12.6 Å². The minimum Gasteiger partial charge on any atom is -0.372 e. The first-order chi connectivity index (χ1) is 7.38. The van der Waals surface area contributed by atoms with Gasteiger partial charge < -0.3 is 4.74 Å². The van der Waals surface area contributed by atoms with Crippen molar-refractivity contribution in [1.82, 2.24) is 0 Å². The summed E-state index contributed by atoms with van der Waals surface area (Å²) in [6, 6.07) is 3.11. The molecule has 16 heavy (non-hydrogen) atoms. The van der Waals surface area contributed by atoms with Crippen LogP contribution in [0.25, 0.3) is 0 Å². The Kier molecular flexibility index (Phi) is 4.76. The van der Waals surface area contributed by atoms with E-state index < -0.39 is 12.8 Å². The molecule has 7 heteroatoms. The summed E-state index contributed by atoms with van der Waals surface area (Å²) in [7, 11) is 0. The highest BCUT2D eigenvalue weighted by atomic mass is 35.5. The van der Waals surface area contributed by atoms with Crippen LogP contribution in [0, 0.1) is 0 Å². The molecule has 0 atom stereocenters. The Hall–Kier alpha value is -0.590. The second kappa shape index (κ2) is 5.65. The second-order valence-electron chi connectivity index (χ2n) is 2.94. The molecule has 0 saturated heterocycles. The number of thiophene rings is 1. The third-order valence-corrected chi connectivity index (χ3v) is 2.86. The summed E-state index contributed by atoms with van der Waals surface area (Å²) in [5.41, 5.74) is 0. The molecular weight excluding hydrogens is 265 g/mol. The van der Waals surface area contributed by atoms with Gasteiger partial charge in [-0.05, 0) is 12.1 Å². The first kappa shape index (κ1) is 13.5. The molecule has 1 aromatic rings. The lowest BCUT2D eigenvalue weighted by Crippen LogP contribution is -2.18. The number of carbonyl (C=O) groups is 1. The Balaban J connectivity index is 2.26. The number of ether oxygens (including phenoxy) is 1. The number of hydrogen-bond acceptors (Lipinski definition) is 3. The van der Waals surface area contributed by atoms with Gasteiger partial charge in [-0.1, -0.05) is 11.6 Å². The Morgan fingerprint density at radius 2 is 2.12 bits per heavy atom. The van der Waals surface area contributed by atoms with Crippen LogP contribution < -0.4 is 0 Å². The van der Waals surface area contributed by atoms with Crippen LogP contribution in [0.2, 0.25) is 4.34 Å². The SMILES string of the molecule is O=C(CCOCC(F)(F)F)c1ccc(Cl)s1. The summed E-state index contributed by atoms with van der Waals surface area (Å²) in [4.78, 5) is 11.8. The van der Waals surface area contributed by atoms with Gasteiger partial charge in [-0.25, -0.2) is 0 Å². The predicted octanol–water partition coefficient (Wildman–Crippen LogP) is 3.55. The van der Waals surface area contributed by atoms with Crippen LogP contribution in [-0.2, 0) is 4.74 Å². The zero-order valence-electron chi connectivity index (χ0n) is 8.01. The van der Waals surface area contributed by atoms with E-state index in [0.717, 1.165) is 11.3 Å². The molecule has 1 heterocycles. The lowest BCUT2D eigenvalue weighted by molar-refractivity contribution is -0.173. The van der Waals surface area contributed by atoms with Crippen LogP contribution in [0.15, 0.2) is 12.1 Å². The van der Waals surface area contributed by atoms with Crippen LogP contribution >= 0.6 is 22.9 Å². The van der Waals surface area contributed by atoms with E-state index in [2.05, 4.69) is 4.74 Å². The van der Waals surface area contributed by atoms with E-state index in [1.807, 2.05) is 0 Å². The third kappa shape index (κ3) is 4.96. The average molecular weight is 273 g/mol. The first-order valence-corrected chi connectivity index (χ1v) is 5.51. The minimum atomic E-state index is -4.35. The van der Waals surface area contributed by atoms with E-state index in [1.54, 1.807) is 12.1 Å². The molecule has 0 aromatic carbocycles. The molecule has 1 aromatic heterocycles. The fraction of sp³-hybridized carbons (Fsp3) is 0.444. The van der Waals surface area contributed by atoms with Crippen molar-refractivity contribution >= 4 is 28.7 Å². The van der Waals surface area contributed by atoms with Crippen molar-refractivity contribution in [3.63, 3.8) is 0 Å². The number of hydrogen-bond donors (Lipinski definition) is 0. The molecule has 0 saturated carbocycles. The van der Waals surface area contributed by atoms with Crippen LogP contribution in [-0.4, -0.2) is 25.2 Å². The number of rotatable bonds is 5. The van der Waals surface area contributed by atoms with E-state index in [4.69, 9.17) is 11.6 Å². The zero-order valence-corrected chi connectivity index (χ0v) is 9.59. The normalized spacial score (nSPS) is 11.8. The summed E-state index contributed by atoms with van der Waals surface area (Å²) in [6.07, 6.45) is -4.43. The number of alkyl halides is 3. The van der Waals surface area contributed by atoms with Crippen molar-refractivity contribution < 1.29 is 22.7 Å². The lowest BCUT2D eigenvalue weighted by Gasteiger charge is -2.06. The molecule has 0 unspecified atom stereocenters. The first-order valence-electron chi connectivity index (χ1n) is 4.31. The molecule has 0 bridgehead atoms. The van der Waals surface area contributed by atoms with Gasteiger partial charge >= 0.3 is 6.18 Å². The number of carbonyl (C=O) groups excluding carboxylic acids is 1. The summed E-state index contributed by atoms with van der Waals surface area (Å²) in [5.74, 6) is -0.265. The second-order valence-corrected chi connectivity index (χ2v) is 4.66. The molecule has 0 fully saturated rings. The highest BCUT2D eigenvalue weighted by Gasteiger charge is 2.27. The molecular formula is C9H8ClF3O2S. The lowest BCUT2D eigenvalue weighted by atomic mass is 10.2. The minimum absolute atomic E-state index is 0.0765. The highest BCUT2D eigenvalue weighted by molar-refractivity contribution is 7.18. The largest absolute Gasteiger partial charge is 0.411 e. The smallest absolute Gasteiger partial charge is 0.372 e. The average Bonchev–Trinajstić information content (AvgIpc) is 2.57. The van der Waals surface area contributed by atoms with E-state index in [1.165, 1.54) is 0 Å². The standard InChI is InChI=1S/C9H8ClF3O2S/c10-8-2-1-7(16-8)6(14)3-4-15-5-9(11,12)13/h1-2H,3-5H2. The van der Waals surface area contributed by atoms with Gasteiger partial charge in [0.15, 0.2) is 5.78 Å². The zero-order chi connectivity index (χ0) is 12.2. The van der Waals surface area contributed by atoms with Crippen LogP contribution in [0.5, 0.6) is 0 Å². The summed E-state index contributed by atoms with van der Waals surface area (Å²) in [5, 5.41) is 0. The molecule has 90 valence electrons. The fourth-order valence-corrected chi connectivity index (χ4v) is 1.95. The van der Waals surface area contributed by atoms with Crippen molar-refractivity contribution in [1.29, 1.82) is 0 Å². The molecule has 0 aliphatic heterocycles. The van der Waals surface area contributed by atoms with Gasteiger partial charge in [-0.15, -0.1) is 11.3 Å². The molecule has 1 rings (SSSR count). The van der Waals surface area contributed by atoms with Crippen LogP contribution in [0.4, 0.5) is 13.2 Å². The van der Waals surface area contributed by atoms with Gasteiger partial charge in [0.2, 0.25) is 0 Å². The summed E-state index contributed by atoms with van der Waals surface area (Å²) in [6.45, 7) is -1.57. The van der Waals surface area contributed by atoms with Crippen molar-refractivity contribution in [2.24, 2.45) is 0 Å². The van der Waals surface area contributed by atoms with Gasteiger partial charge in [0, 0.05) is 6.42 Å². The summed E-state index contributed by atoms with van der Waals surface area (Å²) >= 11 is 6.71. The van der Waals surface area contributed by atoms with Gasteiger partial charge in [0.1, 0.15) is 6.61 Å². The quantitative estimate of drug-likeness (QED) is 0.605. The van der Waals surface area contributed by atoms with Gasteiger partial charge in [0.25, 0.3) is 0 Å². The third-order valence-electron chi connectivity index (χ3n) is 1.59. The van der Waals surface area contributed by atoms with E-state index >= 15 is 0 Å². The van der Waals surface area contributed by atoms with Gasteiger partial charge in [-0.2, -0.15) is 13.2 Å². The van der Waals surface area contributed by atoms with Crippen LogP contribution in [0.1, 0.15) is 16.1 Å². The number of Topliss-reactive ketones (excluding diaryl/α,β-unsaturated/α-hetero) is 1. The maximum atomic E-state index is 11.7. The monoisotopic (exact) mass is 272 g/mol. The van der Waals surface area contributed by atoms with E-state index in [0.29, 0.717) is 9.21 Å². The Morgan fingerprint density at radius 1 is 1.44 bits per heavy atom. The fourth-order valence-electron chi connectivity index (χ4n) is 0.940. The predicted molar refractivity (Wildman–Crippen MR) is 55.2 cm³/mol. The topological polar surface area (TPSA) is 26.3 Å². The molecule has 0 N–H and O–H groups in total. The summed E-state index contributed by atoms with van der Waals surface area (Å²) < 4.78 is 39.8. The highest BCUT2D eigenvalue weighted by Crippen LogP contribution is 2.22. The Labute approximate surface area is 99.0 Å². The molecule has 0 radical (unpaired) electrons. The molecule has 0 amide bonds. The van der Waals surface area contributed by atoms with E-state index in [9.17, 15) is 18.0 Å². The van der Waals surface area contributed by atoms with Crippen LogP contribution in [0.3, 0.4) is 0 Å². The van der Waals surface area contributed by atoms with Gasteiger partial charge in [-0.3, -0.25) is 4.79 Å². The van der Waals surface area contributed by atoms with Gasteiger partial charge in [0.05, 0.1) is 15.8 Å². The van der Waals surface area contributed by atoms with Crippen molar-refractivity contribution in [3.05, 3.63) is 21.3 Å².